The molecular formula is C16H19N3O2S2. The molecule has 1 fully saturated rings. The van der Waals surface area contributed by atoms with Gasteiger partial charge in [0.05, 0.1) is 12.1 Å². The Bertz CT molecular complexity index is 678. The van der Waals surface area contributed by atoms with Crippen molar-refractivity contribution in [2.75, 3.05) is 29.9 Å². The van der Waals surface area contributed by atoms with E-state index in [0.29, 0.717) is 6.42 Å². The number of aromatic nitrogens is 1. The number of hydrogen-bond donors (Lipinski definition) is 1. The Morgan fingerprint density at radius 1 is 1.26 bits per heavy atom. The number of thiazole rings is 1. The molecule has 5 nitrogen and oxygen atoms in total. The van der Waals surface area contributed by atoms with Crippen molar-refractivity contribution in [2.24, 2.45) is 0 Å². The summed E-state index contributed by atoms with van der Waals surface area (Å²) in [4.78, 5) is 18.8. The van der Waals surface area contributed by atoms with E-state index in [2.05, 4.69) is 15.2 Å². The fourth-order valence-corrected chi connectivity index (χ4v) is 4.34. The number of anilines is 1. The summed E-state index contributed by atoms with van der Waals surface area (Å²) in [5.74, 6) is 1.44. The van der Waals surface area contributed by atoms with Crippen molar-refractivity contribution in [1.29, 1.82) is 0 Å². The predicted octanol–water partition coefficient (Wildman–Crippen LogP) is 1.89. The van der Waals surface area contributed by atoms with E-state index >= 15 is 0 Å². The molecule has 2 heterocycles. The van der Waals surface area contributed by atoms with E-state index in [1.807, 2.05) is 35.7 Å². The fraction of sp³-hybridized carbons (Fsp3) is 0.375. The lowest BCUT2D eigenvalue weighted by Crippen LogP contribution is -2.37. The number of hydrogen-bond acceptors (Lipinski definition) is 5. The molecule has 7 heteroatoms. The molecule has 0 unspecified atom stereocenters. The summed E-state index contributed by atoms with van der Waals surface area (Å²) in [5.41, 5.74) is 1.79. The van der Waals surface area contributed by atoms with Gasteiger partial charge in [-0.2, -0.15) is 0 Å². The van der Waals surface area contributed by atoms with Crippen molar-refractivity contribution in [1.82, 2.24) is 9.88 Å². The summed E-state index contributed by atoms with van der Waals surface area (Å²) in [6.07, 6.45) is 0.295. The molecule has 0 radical (unpaired) electrons. The molecule has 122 valence electrons. The minimum absolute atomic E-state index is 0.0505. The van der Waals surface area contributed by atoms with Gasteiger partial charge in [-0.3, -0.25) is 13.9 Å². The van der Waals surface area contributed by atoms with Gasteiger partial charge in [-0.1, -0.05) is 18.2 Å². The molecule has 2 aromatic rings. The van der Waals surface area contributed by atoms with Crippen LogP contribution in [0.3, 0.4) is 0 Å². The van der Waals surface area contributed by atoms with Crippen LogP contribution in [-0.2, 0) is 28.6 Å². The van der Waals surface area contributed by atoms with E-state index in [1.165, 1.54) is 11.3 Å². The lowest BCUT2D eigenvalue weighted by atomic mass is 10.3. The maximum Gasteiger partial charge on any atom is 0.231 e. The second-order valence-electron chi connectivity index (χ2n) is 5.45. The number of nitrogens with zero attached hydrogens (tertiary/aromatic N) is 2. The van der Waals surface area contributed by atoms with Gasteiger partial charge in [0.25, 0.3) is 0 Å². The molecule has 3 rings (SSSR count). The highest BCUT2D eigenvalue weighted by Gasteiger charge is 2.16. The third-order valence-corrected chi connectivity index (χ3v) is 5.80. The molecule has 0 spiro atoms. The van der Waals surface area contributed by atoms with Crippen LogP contribution in [0.15, 0.2) is 35.7 Å². The molecule has 0 bridgehead atoms. The standard InChI is InChI=1S/C16H19N3O2S2/c20-15(17-13-4-2-1-3-5-13)10-16-18-14(12-22-16)11-19-6-8-23(21)9-7-19/h1-5,12H,6-11H2,(H,17,20). The van der Waals surface area contributed by atoms with Crippen LogP contribution < -0.4 is 5.32 Å². The lowest BCUT2D eigenvalue weighted by molar-refractivity contribution is -0.115. The molecule has 1 aliphatic rings. The van der Waals surface area contributed by atoms with Gasteiger partial charge in [0.1, 0.15) is 5.01 Å². The Balaban J connectivity index is 1.51. The zero-order valence-electron chi connectivity index (χ0n) is 12.7. The number of para-hydroxylation sites is 1. The molecule has 23 heavy (non-hydrogen) atoms. The lowest BCUT2D eigenvalue weighted by Gasteiger charge is -2.25. The number of benzene rings is 1. The second kappa shape index (κ2) is 7.81. The number of nitrogens with one attached hydrogen (secondary N) is 1. The Morgan fingerprint density at radius 2 is 2.00 bits per heavy atom. The first-order valence-electron chi connectivity index (χ1n) is 7.54. The van der Waals surface area contributed by atoms with Crippen LogP contribution in [0.2, 0.25) is 0 Å². The number of carbonyl (C=O) groups excluding carboxylic acids is 1. The van der Waals surface area contributed by atoms with Crippen molar-refractivity contribution >= 4 is 33.7 Å². The van der Waals surface area contributed by atoms with Gasteiger partial charge >= 0.3 is 0 Å². The Hall–Kier alpha value is -1.57. The molecule has 0 aliphatic carbocycles. The summed E-state index contributed by atoms with van der Waals surface area (Å²) < 4.78 is 11.4. The first kappa shape index (κ1) is 16.3. The topological polar surface area (TPSA) is 62.3 Å². The van der Waals surface area contributed by atoms with Crippen molar-refractivity contribution < 1.29 is 9.00 Å². The van der Waals surface area contributed by atoms with E-state index in [0.717, 1.165) is 47.5 Å². The average molecular weight is 349 g/mol. The van der Waals surface area contributed by atoms with E-state index in [-0.39, 0.29) is 5.91 Å². The zero-order valence-corrected chi connectivity index (χ0v) is 14.4. The smallest absolute Gasteiger partial charge is 0.231 e. The molecule has 1 aliphatic heterocycles. The van der Waals surface area contributed by atoms with Gasteiger partial charge in [-0.05, 0) is 12.1 Å². The van der Waals surface area contributed by atoms with E-state index in [1.54, 1.807) is 0 Å². The second-order valence-corrected chi connectivity index (χ2v) is 8.09. The molecule has 0 atom stereocenters. The van der Waals surface area contributed by atoms with E-state index in [4.69, 9.17) is 0 Å². The van der Waals surface area contributed by atoms with Gasteiger partial charge in [0.2, 0.25) is 5.91 Å². The van der Waals surface area contributed by atoms with Gasteiger partial charge in [-0.15, -0.1) is 11.3 Å². The van der Waals surface area contributed by atoms with Crippen molar-refractivity contribution in [3.8, 4) is 0 Å². The third kappa shape index (κ3) is 4.95. The summed E-state index contributed by atoms with van der Waals surface area (Å²) in [6.45, 7) is 2.48. The summed E-state index contributed by atoms with van der Waals surface area (Å²) in [5, 5.41) is 5.71. The SMILES string of the molecule is O=C(Cc1nc(CN2CCS(=O)CC2)cs1)Nc1ccccc1. The first-order valence-corrected chi connectivity index (χ1v) is 9.91. The van der Waals surface area contributed by atoms with Crippen molar-refractivity contribution in [3.05, 3.63) is 46.4 Å². The van der Waals surface area contributed by atoms with Crippen molar-refractivity contribution in [2.45, 2.75) is 13.0 Å². The van der Waals surface area contributed by atoms with Crippen LogP contribution >= 0.6 is 11.3 Å². The predicted molar refractivity (Wildman–Crippen MR) is 94.0 cm³/mol. The van der Waals surface area contributed by atoms with Gasteiger partial charge in [0, 0.05) is 53.0 Å². The highest BCUT2D eigenvalue weighted by atomic mass is 32.2. The molecule has 1 saturated heterocycles. The molecular weight excluding hydrogens is 330 g/mol. The fourth-order valence-electron chi connectivity index (χ4n) is 2.43. The summed E-state index contributed by atoms with van der Waals surface area (Å²) >= 11 is 1.52. The largest absolute Gasteiger partial charge is 0.326 e. The minimum Gasteiger partial charge on any atom is -0.326 e. The molecule has 1 N–H and O–H groups in total. The van der Waals surface area contributed by atoms with Gasteiger partial charge < -0.3 is 5.32 Å². The Morgan fingerprint density at radius 3 is 2.74 bits per heavy atom. The number of amides is 1. The van der Waals surface area contributed by atoms with Crippen LogP contribution in [0.1, 0.15) is 10.7 Å². The van der Waals surface area contributed by atoms with Gasteiger partial charge in [0.15, 0.2) is 0 Å². The average Bonchev–Trinajstić information content (AvgIpc) is 2.97. The van der Waals surface area contributed by atoms with Crippen LogP contribution in [-0.4, -0.2) is 44.6 Å². The highest BCUT2D eigenvalue weighted by Crippen LogP contribution is 2.15. The monoisotopic (exact) mass is 349 g/mol. The van der Waals surface area contributed by atoms with E-state index in [9.17, 15) is 9.00 Å². The minimum atomic E-state index is -0.653. The first-order chi connectivity index (χ1) is 11.2. The summed E-state index contributed by atoms with van der Waals surface area (Å²) in [7, 11) is -0.653. The molecule has 0 saturated carbocycles. The number of rotatable bonds is 5. The van der Waals surface area contributed by atoms with Crippen LogP contribution in [0, 0.1) is 0 Å². The van der Waals surface area contributed by atoms with Crippen molar-refractivity contribution in [3.63, 3.8) is 0 Å². The quantitative estimate of drug-likeness (QED) is 0.895. The Kier molecular flexibility index (Phi) is 5.53. The molecule has 1 aromatic heterocycles. The maximum atomic E-state index is 12.0. The molecule has 1 aromatic carbocycles. The van der Waals surface area contributed by atoms with Gasteiger partial charge in [-0.25, -0.2) is 4.98 Å². The third-order valence-electron chi connectivity index (χ3n) is 3.62. The highest BCUT2D eigenvalue weighted by molar-refractivity contribution is 7.85. The van der Waals surface area contributed by atoms with Crippen LogP contribution in [0.5, 0.6) is 0 Å². The van der Waals surface area contributed by atoms with E-state index < -0.39 is 10.8 Å². The normalized spacial score (nSPS) is 16.3. The Labute approximate surface area is 142 Å². The van der Waals surface area contributed by atoms with Crippen LogP contribution in [0.4, 0.5) is 5.69 Å². The van der Waals surface area contributed by atoms with Crippen LogP contribution in [0.25, 0.3) is 0 Å². The summed E-state index contributed by atoms with van der Waals surface area (Å²) in [6, 6.07) is 9.43. The maximum absolute atomic E-state index is 12.0. The number of carbonyl (C=O) groups is 1. The zero-order chi connectivity index (χ0) is 16.1. The molecule has 1 amide bonds.